The highest BCUT2D eigenvalue weighted by Crippen LogP contribution is 2.40. The molecule has 0 atom stereocenters. The first-order valence-electron chi connectivity index (χ1n) is 4.95. The molecule has 0 aromatic carbocycles. The summed E-state index contributed by atoms with van der Waals surface area (Å²) in [5.41, 5.74) is 1.86. The maximum absolute atomic E-state index is 4.11. The van der Waals surface area contributed by atoms with Gasteiger partial charge in [-0.15, -0.1) is 0 Å². The van der Waals surface area contributed by atoms with Crippen molar-refractivity contribution in [3.05, 3.63) is 12.2 Å². The Hall–Kier alpha value is -0.300. The van der Waals surface area contributed by atoms with Crippen LogP contribution in [0.25, 0.3) is 0 Å². The Bertz CT molecular complexity index is 166. The first-order valence-corrected chi connectivity index (χ1v) is 4.95. The normalized spacial score (nSPS) is 21.9. The van der Waals surface area contributed by atoms with Gasteiger partial charge < -0.3 is 4.90 Å². The zero-order valence-electron chi connectivity index (χ0n) is 8.69. The second-order valence-corrected chi connectivity index (χ2v) is 4.34. The zero-order chi connectivity index (χ0) is 9.19. The number of nitrogens with zero attached hydrogens (tertiary/aromatic N) is 1. The van der Waals surface area contributed by atoms with Crippen molar-refractivity contribution in [2.75, 3.05) is 20.1 Å². The van der Waals surface area contributed by atoms with Gasteiger partial charge in [0.2, 0.25) is 0 Å². The molecule has 1 heteroatoms. The van der Waals surface area contributed by atoms with Gasteiger partial charge >= 0.3 is 0 Å². The summed E-state index contributed by atoms with van der Waals surface area (Å²) < 4.78 is 0. The van der Waals surface area contributed by atoms with Crippen molar-refractivity contribution in [2.45, 2.75) is 33.1 Å². The highest BCUT2D eigenvalue weighted by atomic mass is 15.2. The monoisotopic (exact) mass is 167 g/mol. The minimum absolute atomic E-state index is 0.477. The van der Waals surface area contributed by atoms with Gasteiger partial charge in [-0.3, -0.25) is 0 Å². The lowest BCUT2D eigenvalue weighted by atomic mass is 9.71. The maximum atomic E-state index is 4.11. The van der Waals surface area contributed by atoms with Gasteiger partial charge in [-0.05, 0) is 20.4 Å². The second kappa shape index (κ2) is 3.61. The van der Waals surface area contributed by atoms with Crippen LogP contribution >= 0.6 is 0 Å². The van der Waals surface area contributed by atoms with Gasteiger partial charge in [0.05, 0.1) is 0 Å². The van der Waals surface area contributed by atoms with Crippen LogP contribution in [0, 0.1) is 5.41 Å². The number of rotatable bonds is 4. The van der Waals surface area contributed by atoms with Crippen LogP contribution in [0.15, 0.2) is 12.2 Å². The molecule has 0 bridgehead atoms. The molecule has 1 heterocycles. The molecule has 1 fully saturated rings. The van der Waals surface area contributed by atoms with Crippen molar-refractivity contribution in [1.82, 2.24) is 4.90 Å². The molecule has 0 radical (unpaired) electrons. The predicted molar refractivity (Wildman–Crippen MR) is 54.3 cm³/mol. The van der Waals surface area contributed by atoms with Crippen molar-refractivity contribution in [2.24, 2.45) is 5.41 Å². The van der Waals surface area contributed by atoms with E-state index < -0.39 is 0 Å². The van der Waals surface area contributed by atoms with Gasteiger partial charge in [-0.25, -0.2) is 0 Å². The van der Waals surface area contributed by atoms with Crippen LogP contribution in [0.5, 0.6) is 0 Å². The fourth-order valence-corrected chi connectivity index (χ4v) is 2.14. The number of hydrogen-bond acceptors (Lipinski definition) is 1. The predicted octanol–water partition coefficient (Wildman–Crippen LogP) is 2.68. The van der Waals surface area contributed by atoms with E-state index in [1.807, 2.05) is 0 Å². The molecule has 0 aromatic heterocycles. The largest absolute Gasteiger partial charge is 0.305 e. The van der Waals surface area contributed by atoms with Crippen molar-refractivity contribution >= 4 is 0 Å². The van der Waals surface area contributed by atoms with E-state index in [0.717, 1.165) is 0 Å². The first-order chi connectivity index (χ1) is 5.60. The highest BCUT2D eigenvalue weighted by Gasteiger charge is 2.40. The van der Waals surface area contributed by atoms with E-state index in [1.165, 1.54) is 37.9 Å². The zero-order valence-corrected chi connectivity index (χ0v) is 8.69. The molecule has 0 amide bonds. The second-order valence-electron chi connectivity index (χ2n) is 4.34. The third-order valence-electron chi connectivity index (χ3n) is 3.06. The summed E-state index contributed by atoms with van der Waals surface area (Å²) in [4.78, 5) is 2.38. The van der Waals surface area contributed by atoms with Crippen LogP contribution < -0.4 is 0 Å². The van der Waals surface area contributed by atoms with Gasteiger partial charge in [0, 0.05) is 18.5 Å². The lowest BCUT2D eigenvalue weighted by Crippen LogP contribution is -2.54. The molecule has 1 aliphatic rings. The van der Waals surface area contributed by atoms with E-state index in [1.54, 1.807) is 0 Å². The van der Waals surface area contributed by atoms with Crippen molar-refractivity contribution in [1.29, 1.82) is 0 Å². The van der Waals surface area contributed by atoms with E-state index >= 15 is 0 Å². The molecule has 0 saturated carbocycles. The number of likely N-dealkylation sites (tertiary alicyclic amines) is 1. The molecule has 0 aliphatic carbocycles. The van der Waals surface area contributed by atoms with Crippen LogP contribution in [-0.2, 0) is 0 Å². The molecule has 1 rings (SSSR count). The van der Waals surface area contributed by atoms with Crippen LogP contribution in [-0.4, -0.2) is 25.0 Å². The fraction of sp³-hybridized carbons (Fsp3) is 0.818. The van der Waals surface area contributed by atoms with Gasteiger partial charge in [-0.1, -0.05) is 31.9 Å². The Balaban J connectivity index is 2.45. The summed E-state index contributed by atoms with van der Waals surface area (Å²) in [5.74, 6) is 0. The molecule has 0 unspecified atom stereocenters. The van der Waals surface area contributed by atoms with E-state index in [4.69, 9.17) is 0 Å². The lowest BCUT2D eigenvalue weighted by Gasteiger charge is -2.49. The van der Waals surface area contributed by atoms with E-state index in [9.17, 15) is 0 Å². The quantitative estimate of drug-likeness (QED) is 0.582. The molecule has 0 spiro atoms. The molecule has 0 aromatic rings. The average Bonchev–Trinajstić information content (AvgIpc) is 1.95. The van der Waals surface area contributed by atoms with Gasteiger partial charge in [0.1, 0.15) is 0 Å². The Morgan fingerprint density at radius 1 is 1.50 bits per heavy atom. The van der Waals surface area contributed by atoms with E-state index in [0.29, 0.717) is 5.41 Å². The molecular formula is C11H21N. The molecule has 0 N–H and O–H groups in total. The minimum atomic E-state index is 0.477. The molecular weight excluding hydrogens is 146 g/mol. The summed E-state index contributed by atoms with van der Waals surface area (Å²) in [6.07, 6.45) is 3.99. The standard InChI is InChI=1S/C11H21N/c1-5-6-7-11(10(2)3)8-12(4)9-11/h2,5-9H2,1,3-4H3. The summed E-state index contributed by atoms with van der Waals surface area (Å²) in [6, 6.07) is 0. The summed E-state index contributed by atoms with van der Waals surface area (Å²) in [6.45, 7) is 11.0. The van der Waals surface area contributed by atoms with E-state index in [-0.39, 0.29) is 0 Å². The molecule has 1 saturated heterocycles. The molecule has 12 heavy (non-hydrogen) atoms. The van der Waals surface area contributed by atoms with E-state index in [2.05, 4.69) is 32.4 Å². The minimum Gasteiger partial charge on any atom is -0.305 e. The van der Waals surface area contributed by atoms with Crippen LogP contribution in [0.4, 0.5) is 0 Å². The topological polar surface area (TPSA) is 3.24 Å². The third kappa shape index (κ3) is 1.71. The summed E-state index contributed by atoms with van der Waals surface area (Å²) >= 11 is 0. The molecule has 1 nitrogen and oxygen atoms in total. The average molecular weight is 167 g/mol. The van der Waals surface area contributed by atoms with Gasteiger partial charge in [0.25, 0.3) is 0 Å². The van der Waals surface area contributed by atoms with Crippen molar-refractivity contribution in [3.8, 4) is 0 Å². The van der Waals surface area contributed by atoms with Crippen LogP contribution in [0.2, 0.25) is 0 Å². The lowest BCUT2D eigenvalue weighted by molar-refractivity contribution is 0.0461. The Morgan fingerprint density at radius 3 is 2.42 bits per heavy atom. The van der Waals surface area contributed by atoms with Crippen molar-refractivity contribution in [3.63, 3.8) is 0 Å². The maximum Gasteiger partial charge on any atom is 0.0161 e. The Morgan fingerprint density at radius 2 is 2.08 bits per heavy atom. The SMILES string of the molecule is C=C(C)C1(CCCC)CN(C)C1. The fourth-order valence-electron chi connectivity index (χ4n) is 2.14. The Labute approximate surface area is 76.5 Å². The molecule has 1 aliphatic heterocycles. The summed E-state index contributed by atoms with van der Waals surface area (Å²) in [7, 11) is 2.19. The molecule has 70 valence electrons. The highest BCUT2D eigenvalue weighted by molar-refractivity contribution is 5.14. The van der Waals surface area contributed by atoms with Crippen LogP contribution in [0.1, 0.15) is 33.1 Å². The summed E-state index contributed by atoms with van der Waals surface area (Å²) in [5, 5.41) is 0. The number of unbranched alkanes of at least 4 members (excludes halogenated alkanes) is 1. The van der Waals surface area contributed by atoms with Gasteiger partial charge in [0.15, 0.2) is 0 Å². The van der Waals surface area contributed by atoms with Gasteiger partial charge in [-0.2, -0.15) is 0 Å². The third-order valence-corrected chi connectivity index (χ3v) is 3.06. The van der Waals surface area contributed by atoms with Crippen LogP contribution in [0.3, 0.4) is 0 Å². The van der Waals surface area contributed by atoms with Crippen molar-refractivity contribution < 1.29 is 0 Å². The first kappa shape index (κ1) is 9.79. The number of hydrogen-bond donors (Lipinski definition) is 0. The Kier molecular flexibility index (Phi) is 2.94. The smallest absolute Gasteiger partial charge is 0.0161 e.